The van der Waals surface area contributed by atoms with Crippen LogP contribution in [0.5, 0.6) is 0 Å². The predicted octanol–water partition coefficient (Wildman–Crippen LogP) is 2.96. The van der Waals surface area contributed by atoms with E-state index in [0.717, 1.165) is 6.42 Å². The van der Waals surface area contributed by atoms with Gasteiger partial charge in [-0.15, -0.1) is 5.23 Å². The van der Waals surface area contributed by atoms with E-state index in [1.807, 2.05) is 6.07 Å². The topological polar surface area (TPSA) is 49.8 Å². The number of benzene rings is 1. The van der Waals surface area contributed by atoms with Gasteiger partial charge in [0.1, 0.15) is 6.10 Å². The van der Waals surface area contributed by atoms with Crippen molar-refractivity contribution in [1.29, 1.82) is 0 Å². The van der Waals surface area contributed by atoms with E-state index in [-0.39, 0.29) is 11.2 Å². The Balaban J connectivity index is 2.02. The zero-order valence-electron chi connectivity index (χ0n) is 10.8. The number of hydrogen-bond donors (Lipinski definition) is 1. The molecule has 0 bridgehead atoms. The highest BCUT2D eigenvalue weighted by Crippen LogP contribution is 2.35. The summed E-state index contributed by atoms with van der Waals surface area (Å²) in [6.07, 6.45) is 1.47. The number of rotatable bonds is 3. The van der Waals surface area contributed by atoms with Crippen LogP contribution in [0.1, 0.15) is 33.1 Å². The normalized spacial score (nSPS) is 22.8. The zero-order chi connectivity index (χ0) is 13.2. The maximum absolute atomic E-state index is 11.8. The molecule has 1 aromatic carbocycles. The molecule has 1 N–H and O–H groups in total. The summed E-state index contributed by atoms with van der Waals surface area (Å²) >= 11 is 0. The standard InChI is InChI=1S/C14H19NO3/c1-14(2)9-8-12(16)13(10-14)18-15(17)11-6-4-3-5-7-11/h3-7,13,17H,8-10H2,1-2H3. The second-order valence-corrected chi connectivity index (χ2v) is 5.54. The Morgan fingerprint density at radius 2 is 2.00 bits per heavy atom. The minimum absolute atomic E-state index is 0.0595. The van der Waals surface area contributed by atoms with Crippen LogP contribution in [0, 0.1) is 5.41 Å². The third-order valence-electron chi connectivity index (χ3n) is 3.35. The second-order valence-electron chi connectivity index (χ2n) is 5.54. The maximum Gasteiger partial charge on any atom is 0.164 e. The van der Waals surface area contributed by atoms with Crippen LogP contribution >= 0.6 is 0 Å². The summed E-state index contributed by atoms with van der Waals surface area (Å²) < 4.78 is 0. The van der Waals surface area contributed by atoms with Crippen LogP contribution in [-0.4, -0.2) is 17.1 Å². The van der Waals surface area contributed by atoms with E-state index in [1.165, 1.54) is 0 Å². The quantitative estimate of drug-likeness (QED) is 0.837. The highest BCUT2D eigenvalue weighted by Gasteiger charge is 2.35. The van der Waals surface area contributed by atoms with Crippen molar-refractivity contribution in [1.82, 2.24) is 0 Å². The first-order valence-electron chi connectivity index (χ1n) is 6.21. The maximum atomic E-state index is 11.8. The van der Waals surface area contributed by atoms with Crippen molar-refractivity contribution in [2.75, 3.05) is 5.23 Å². The van der Waals surface area contributed by atoms with Crippen LogP contribution in [0.2, 0.25) is 0 Å². The number of para-hydroxylation sites is 1. The van der Waals surface area contributed by atoms with Crippen molar-refractivity contribution < 1.29 is 14.8 Å². The molecule has 1 aliphatic carbocycles. The molecule has 1 aliphatic rings. The van der Waals surface area contributed by atoms with Crippen molar-refractivity contribution in [2.45, 2.75) is 39.2 Å². The molecule has 1 unspecified atom stereocenters. The van der Waals surface area contributed by atoms with Gasteiger partial charge in [-0.3, -0.25) is 10.0 Å². The predicted molar refractivity (Wildman–Crippen MR) is 68.2 cm³/mol. The summed E-state index contributed by atoms with van der Waals surface area (Å²) in [5.41, 5.74) is 0.601. The number of nitrogens with zero attached hydrogens (tertiary/aromatic N) is 1. The average Bonchev–Trinajstić information content (AvgIpc) is 2.35. The molecule has 4 nitrogen and oxygen atoms in total. The Labute approximate surface area is 107 Å². The molecule has 1 fully saturated rings. The minimum Gasteiger partial charge on any atom is -0.297 e. The molecule has 0 aromatic heterocycles. The van der Waals surface area contributed by atoms with Crippen molar-refractivity contribution in [3.8, 4) is 0 Å². The molecular formula is C14H19NO3. The van der Waals surface area contributed by atoms with E-state index >= 15 is 0 Å². The molecule has 2 rings (SSSR count). The van der Waals surface area contributed by atoms with E-state index in [2.05, 4.69) is 13.8 Å². The number of carbonyl (C=O) groups is 1. The molecule has 1 atom stereocenters. The van der Waals surface area contributed by atoms with Gasteiger partial charge in [-0.2, -0.15) is 0 Å². The molecule has 4 heteroatoms. The van der Waals surface area contributed by atoms with Gasteiger partial charge in [0, 0.05) is 6.42 Å². The zero-order valence-corrected chi connectivity index (χ0v) is 10.8. The SMILES string of the molecule is CC1(C)CCC(=O)C(ON(O)c2ccccc2)C1. The number of anilines is 1. The van der Waals surface area contributed by atoms with Gasteiger partial charge in [0.25, 0.3) is 0 Å². The van der Waals surface area contributed by atoms with Gasteiger partial charge in [0.15, 0.2) is 5.78 Å². The number of Topliss-reactive ketones (excluding diaryl/α,β-unsaturated/α-hetero) is 1. The highest BCUT2D eigenvalue weighted by atomic mass is 16.9. The number of carbonyl (C=O) groups excluding carboxylic acids is 1. The van der Waals surface area contributed by atoms with Crippen LogP contribution in [0.4, 0.5) is 5.69 Å². The third-order valence-corrected chi connectivity index (χ3v) is 3.35. The van der Waals surface area contributed by atoms with Crippen LogP contribution < -0.4 is 5.23 Å². The molecule has 0 heterocycles. The van der Waals surface area contributed by atoms with Crippen LogP contribution in [-0.2, 0) is 9.63 Å². The lowest BCUT2D eigenvalue weighted by Crippen LogP contribution is -2.40. The van der Waals surface area contributed by atoms with Gasteiger partial charge in [0.05, 0.1) is 5.69 Å². The smallest absolute Gasteiger partial charge is 0.164 e. The Kier molecular flexibility index (Phi) is 3.68. The van der Waals surface area contributed by atoms with Crippen molar-refractivity contribution >= 4 is 11.5 Å². The van der Waals surface area contributed by atoms with Crippen LogP contribution in [0.15, 0.2) is 30.3 Å². The third kappa shape index (κ3) is 3.09. The second kappa shape index (κ2) is 5.08. The first-order chi connectivity index (χ1) is 8.48. The van der Waals surface area contributed by atoms with E-state index in [1.54, 1.807) is 24.3 Å². The Bertz CT molecular complexity index is 416. The molecule has 0 amide bonds. The molecule has 1 aromatic rings. The first kappa shape index (κ1) is 13.1. The molecule has 98 valence electrons. The van der Waals surface area contributed by atoms with Crippen molar-refractivity contribution in [2.24, 2.45) is 5.41 Å². The molecule has 0 spiro atoms. The molecule has 0 saturated heterocycles. The van der Waals surface area contributed by atoms with Crippen molar-refractivity contribution in [3.63, 3.8) is 0 Å². The van der Waals surface area contributed by atoms with E-state index in [9.17, 15) is 10.0 Å². The minimum atomic E-state index is -0.557. The lowest BCUT2D eigenvalue weighted by molar-refractivity contribution is -0.151. The summed E-state index contributed by atoms with van der Waals surface area (Å²) in [4.78, 5) is 17.2. The van der Waals surface area contributed by atoms with Gasteiger partial charge in [-0.1, -0.05) is 32.0 Å². The Hall–Kier alpha value is -1.39. The van der Waals surface area contributed by atoms with Gasteiger partial charge in [-0.05, 0) is 30.4 Å². The number of hydrogen-bond acceptors (Lipinski definition) is 4. The van der Waals surface area contributed by atoms with Gasteiger partial charge < -0.3 is 0 Å². The summed E-state index contributed by atoms with van der Waals surface area (Å²) in [6.45, 7) is 4.22. The molecule has 18 heavy (non-hydrogen) atoms. The fourth-order valence-electron chi connectivity index (χ4n) is 2.17. The first-order valence-corrected chi connectivity index (χ1v) is 6.21. The van der Waals surface area contributed by atoms with E-state index in [4.69, 9.17) is 4.84 Å². The molecule has 0 radical (unpaired) electrons. The lowest BCUT2D eigenvalue weighted by atomic mass is 9.75. The summed E-state index contributed by atoms with van der Waals surface area (Å²) in [7, 11) is 0. The van der Waals surface area contributed by atoms with Gasteiger partial charge in [0.2, 0.25) is 0 Å². The van der Waals surface area contributed by atoms with Gasteiger partial charge in [-0.25, -0.2) is 4.84 Å². The summed E-state index contributed by atoms with van der Waals surface area (Å²) in [6, 6.07) is 8.90. The van der Waals surface area contributed by atoms with Crippen LogP contribution in [0.25, 0.3) is 0 Å². The molecular weight excluding hydrogens is 230 g/mol. The van der Waals surface area contributed by atoms with Crippen LogP contribution in [0.3, 0.4) is 0 Å². The van der Waals surface area contributed by atoms with E-state index in [0.29, 0.717) is 23.8 Å². The Morgan fingerprint density at radius 1 is 1.33 bits per heavy atom. The Morgan fingerprint density at radius 3 is 2.67 bits per heavy atom. The van der Waals surface area contributed by atoms with Gasteiger partial charge >= 0.3 is 0 Å². The largest absolute Gasteiger partial charge is 0.297 e. The lowest BCUT2D eigenvalue weighted by Gasteiger charge is -2.34. The summed E-state index contributed by atoms with van der Waals surface area (Å²) in [5.74, 6) is 0.0595. The summed E-state index contributed by atoms with van der Waals surface area (Å²) in [5, 5.41) is 10.5. The average molecular weight is 249 g/mol. The fourth-order valence-corrected chi connectivity index (χ4v) is 2.17. The molecule has 1 saturated carbocycles. The molecule has 0 aliphatic heterocycles. The van der Waals surface area contributed by atoms with Crippen molar-refractivity contribution in [3.05, 3.63) is 30.3 Å². The highest BCUT2D eigenvalue weighted by molar-refractivity contribution is 5.84. The van der Waals surface area contributed by atoms with E-state index < -0.39 is 6.10 Å². The monoisotopic (exact) mass is 249 g/mol. The fraction of sp³-hybridized carbons (Fsp3) is 0.500. The number of ketones is 1.